The van der Waals surface area contributed by atoms with E-state index in [1.165, 1.54) is 0 Å². The van der Waals surface area contributed by atoms with Crippen LogP contribution in [-0.2, 0) is 22.6 Å². The van der Waals surface area contributed by atoms with Crippen LogP contribution in [-0.4, -0.2) is 41.5 Å². The van der Waals surface area contributed by atoms with Crippen LogP contribution in [0.5, 0.6) is 0 Å². The second-order valence-electron chi connectivity index (χ2n) is 5.79. The quantitative estimate of drug-likeness (QED) is 0.849. The van der Waals surface area contributed by atoms with Gasteiger partial charge in [-0.2, -0.15) is 0 Å². The third-order valence-electron chi connectivity index (χ3n) is 4.09. The van der Waals surface area contributed by atoms with Crippen molar-refractivity contribution in [1.82, 2.24) is 4.90 Å². The number of cyclic esters (lactones) is 1. The number of nitrogens with zero attached hydrogens (tertiary/aromatic N) is 1. The first-order chi connectivity index (χ1) is 11.8. The highest BCUT2D eigenvalue weighted by molar-refractivity contribution is 5.70. The van der Waals surface area contributed by atoms with Gasteiger partial charge in [-0.25, -0.2) is 4.79 Å². The number of rotatable bonds is 7. The molecule has 1 N–H and O–H groups in total. The fourth-order valence-electron chi connectivity index (χ4n) is 2.80. The number of aliphatic hydroxyl groups excluding tert-OH is 1. The van der Waals surface area contributed by atoms with Gasteiger partial charge in [0.15, 0.2) is 0 Å². The minimum atomic E-state index is -0.558. The molecule has 0 saturated carbocycles. The molecule has 1 fully saturated rings. The number of aliphatic hydroxyl groups is 1. The van der Waals surface area contributed by atoms with Gasteiger partial charge in [-0.3, -0.25) is 4.90 Å². The Morgan fingerprint density at radius 2 is 1.62 bits per heavy atom. The van der Waals surface area contributed by atoms with E-state index in [1.807, 2.05) is 60.7 Å². The molecule has 3 rings (SSSR count). The number of hydrogen-bond donors (Lipinski definition) is 1. The first kappa shape index (κ1) is 16.5. The van der Waals surface area contributed by atoms with E-state index in [1.54, 1.807) is 4.90 Å². The Hall–Kier alpha value is -2.37. The van der Waals surface area contributed by atoms with Crippen molar-refractivity contribution >= 4 is 6.09 Å². The molecule has 0 aliphatic carbocycles. The molecule has 126 valence electrons. The monoisotopic (exact) mass is 327 g/mol. The number of ether oxygens (including phenoxy) is 2. The van der Waals surface area contributed by atoms with Crippen molar-refractivity contribution in [2.24, 2.45) is 0 Å². The average Bonchev–Trinajstić information content (AvgIpc) is 2.92. The molecule has 1 saturated heterocycles. The van der Waals surface area contributed by atoms with Gasteiger partial charge in [0.25, 0.3) is 0 Å². The highest BCUT2D eigenvalue weighted by Gasteiger charge is 2.41. The number of amides is 1. The van der Waals surface area contributed by atoms with Crippen LogP contribution in [0.3, 0.4) is 0 Å². The van der Waals surface area contributed by atoms with E-state index in [0.29, 0.717) is 19.8 Å². The number of benzene rings is 2. The fourth-order valence-corrected chi connectivity index (χ4v) is 2.80. The lowest BCUT2D eigenvalue weighted by molar-refractivity contribution is 0.0324. The maximum Gasteiger partial charge on any atom is 0.410 e. The minimum absolute atomic E-state index is 0.212. The SMILES string of the molecule is O=C1O[C@H](CO)[C@H](COCc2ccccc2)N1Cc1ccccc1. The molecule has 2 aromatic rings. The van der Waals surface area contributed by atoms with Gasteiger partial charge in [0.05, 0.1) is 25.9 Å². The maximum atomic E-state index is 12.1. The molecule has 5 nitrogen and oxygen atoms in total. The van der Waals surface area contributed by atoms with Crippen LogP contribution in [0.15, 0.2) is 60.7 Å². The van der Waals surface area contributed by atoms with E-state index in [-0.39, 0.29) is 12.6 Å². The summed E-state index contributed by atoms with van der Waals surface area (Å²) >= 11 is 0. The third-order valence-corrected chi connectivity index (χ3v) is 4.09. The van der Waals surface area contributed by atoms with Crippen LogP contribution in [0.2, 0.25) is 0 Å². The lowest BCUT2D eigenvalue weighted by Gasteiger charge is -2.24. The summed E-state index contributed by atoms with van der Waals surface area (Å²) in [5, 5.41) is 9.50. The molecule has 5 heteroatoms. The summed E-state index contributed by atoms with van der Waals surface area (Å²) < 4.78 is 11.0. The topological polar surface area (TPSA) is 59.0 Å². The molecule has 0 aromatic heterocycles. The smallest absolute Gasteiger partial charge is 0.410 e. The van der Waals surface area contributed by atoms with Gasteiger partial charge in [-0.05, 0) is 11.1 Å². The molecule has 0 spiro atoms. The fraction of sp³-hybridized carbons (Fsp3) is 0.316. The Labute approximate surface area is 141 Å². The zero-order valence-electron chi connectivity index (χ0n) is 13.4. The zero-order valence-corrected chi connectivity index (χ0v) is 13.4. The van der Waals surface area contributed by atoms with Gasteiger partial charge < -0.3 is 14.6 Å². The maximum absolute atomic E-state index is 12.1. The third kappa shape index (κ3) is 3.93. The minimum Gasteiger partial charge on any atom is -0.441 e. The van der Waals surface area contributed by atoms with Crippen molar-refractivity contribution in [1.29, 1.82) is 0 Å². The molecule has 0 radical (unpaired) electrons. The van der Waals surface area contributed by atoms with Crippen LogP contribution in [0.4, 0.5) is 4.79 Å². The highest BCUT2D eigenvalue weighted by Crippen LogP contribution is 2.22. The molecule has 0 bridgehead atoms. The van der Waals surface area contributed by atoms with Gasteiger partial charge >= 0.3 is 6.09 Å². The van der Waals surface area contributed by atoms with Crippen LogP contribution in [0.25, 0.3) is 0 Å². The van der Waals surface area contributed by atoms with E-state index in [9.17, 15) is 9.90 Å². The van der Waals surface area contributed by atoms with Gasteiger partial charge in [0.2, 0.25) is 0 Å². The van der Waals surface area contributed by atoms with Crippen molar-refractivity contribution in [2.45, 2.75) is 25.3 Å². The molecule has 0 unspecified atom stereocenters. The molecule has 1 aliphatic rings. The molecule has 24 heavy (non-hydrogen) atoms. The van der Waals surface area contributed by atoms with Gasteiger partial charge in [-0.1, -0.05) is 60.7 Å². The zero-order chi connectivity index (χ0) is 16.8. The normalized spacial score (nSPS) is 20.2. The number of hydrogen-bond acceptors (Lipinski definition) is 4. The van der Waals surface area contributed by atoms with Crippen molar-refractivity contribution in [3.05, 3.63) is 71.8 Å². The second kappa shape index (κ2) is 7.95. The standard InChI is InChI=1S/C19H21NO4/c21-12-18-17(14-23-13-16-9-5-2-6-10-16)20(19(22)24-18)11-15-7-3-1-4-8-15/h1-10,17-18,21H,11-14H2/t17-,18+/m0/s1. The summed E-state index contributed by atoms with van der Waals surface area (Å²) in [5.74, 6) is 0. The molecule has 2 aromatic carbocycles. The first-order valence-electron chi connectivity index (χ1n) is 8.01. The molecular weight excluding hydrogens is 306 g/mol. The molecule has 1 aliphatic heterocycles. The first-order valence-corrected chi connectivity index (χ1v) is 8.01. The lowest BCUT2D eigenvalue weighted by atomic mass is 10.1. The predicted molar refractivity (Wildman–Crippen MR) is 89.2 cm³/mol. The average molecular weight is 327 g/mol. The van der Waals surface area contributed by atoms with E-state index in [4.69, 9.17) is 9.47 Å². The van der Waals surface area contributed by atoms with Gasteiger partial charge in [0.1, 0.15) is 6.10 Å². The van der Waals surface area contributed by atoms with Crippen molar-refractivity contribution in [3.63, 3.8) is 0 Å². The lowest BCUT2D eigenvalue weighted by Crippen LogP contribution is -2.41. The summed E-state index contributed by atoms with van der Waals surface area (Å²) in [6, 6.07) is 19.3. The van der Waals surface area contributed by atoms with Gasteiger partial charge in [-0.15, -0.1) is 0 Å². The Kier molecular flexibility index (Phi) is 5.46. The second-order valence-corrected chi connectivity index (χ2v) is 5.79. The number of carbonyl (C=O) groups excluding carboxylic acids is 1. The highest BCUT2D eigenvalue weighted by atomic mass is 16.6. The molecular formula is C19H21NO4. The van der Waals surface area contributed by atoms with Crippen molar-refractivity contribution in [3.8, 4) is 0 Å². The van der Waals surface area contributed by atoms with E-state index in [0.717, 1.165) is 11.1 Å². The number of carbonyl (C=O) groups is 1. The Bertz CT molecular complexity index is 647. The van der Waals surface area contributed by atoms with Crippen LogP contribution in [0, 0.1) is 0 Å². The van der Waals surface area contributed by atoms with E-state index >= 15 is 0 Å². The summed E-state index contributed by atoms with van der Waals surface area (Å²) in [6.07, 6.45) is -0.969. The summed E-state index contributed by atoms with van der Waals surface area (Å²) in [6.45, 7) is 1.01. The molecule has 1 heterocycles. The summed E-state index contributed by atoms with van der Waals surface area (Å²) in [5.41, 5.74) is 2.08. The predicted octanol–water partition coefficient (Wildman–Crippen LogP) is 2.59. The summed E-state index contributed by atoms with van der Waals surface area (Å²) in [7, 11) is 0. The van der Waals surface area contributed by atoms with E-state index < -0.39 is 12.2 Å². The van der Waals surface area contributed by atoms with Crippen LogP contribution < -0.4 is 0 Å². The Morgan fingerprint density at radius 1 is 1.00 bits per heavy atom. The largest absolute Gasteiger partial charge is 0.441 e. The van der Waals surface area contributed by atoms with Gasteiger partial charge in [0, 0.05) is 6.54 Å². The van der Waals surface area contributed by atoms with Crippen LogP contribution in [0.1, 0.15) is 11.1 Å². The Morgan fingerprint density at radius 3 is 2.25 bits per heavy atom. The summed E-state index contributed by atoms with van der Waals surface area (Å²) in [4.78, 5) is 13.8. The van der Waals surface area contributed by atoms with E-state index in [2.05, 4.69) is 0 Å². The Balaban J connectivity index is 1.63. The molecule has 2 atom stereocenters. The van der Waals surface area contributed by atoms with Crippen LogP contribution >= 0.6 is 0 Å². The van der Waals surface area contributed by atoms with Crippen molar-refractivity contribution < 1.29 is 19.4 Å². The molecule has 1 amide bonds. The van der Waals surface area contributed by atoms with Crippen molar-refractivity contribution in [2.75, 3.05) is 13.2 Å².